The van der Waals surface area contributed by atoms with Gasteiger partial charge in [0.25, 0.3) is 11.5 Å². The average Bonchev–Trinajstić information content (AvgIpc) is 2.73. The van der Waals surface area contributed by atoms with Crippen molar-refractivity contribution in [1.82, 2.24) is 9.66 Å². The number of halogens is 2. The van der Waals surface area contributed by atoms with Crippen LogP contribution in [0.25, 0.3) is 10.9 Å². The van der Waals surface area contributed by atoms with Crippen LogP contribution in [0.15, 0.2) is 49.2 Å². The van der Waals surface area contributed by atoms with Crippen LogP contribution in [0.2, 0.25) is 0 Å². The maximum absolute atomic E-state index is 13.3. The molecule has 0 fully saturated rings. The van der Waals surface area contributed by atoms with Crippen molar-refractivity contribution in [3.05, 3.63) is 61.0 Å². The Morgan fingerprint density at radius 2 is 1.88 bits per heavy atom. The third kappa shape index (κ3) is 5.80. The molecule has 0 bridgehead atoms. The summed E-state index contributed by atoms with van der Waals surface area (Å²) < 4.78 is 13.8. The van der Waals surface area contributed by atoms with Crippen LogP contribution in [-0.4, -0.2) is 35.0 Å². The number of fused-ring (bicyclic) bond motifs is 1. The molecule has 3 rings (SSSR count). The average molecular weight is 580 g/mol. The Kier molecular flexibility index (Phi) is 7.58. The van der Waals surface area contributed by atoms with Gasteiger partial charge in [0.15, 0.2) is 18.1 Å². The molecule has 0 aliphatic heterocycles. The van der Waals surface area contributed by atoms with Gasteiger partial charge in [0.2, 0.25) is 0 Å². The minimum atomic E-state index is -0.594. The van der Waals surface area contributed by atoms with E-state index in [0.717, 1.165) is 4.47 Å². The fourth-order valence-electron chi connectivity index (χ4n) is 3.04. The highest BCUT2D eigenvalue weighted by Gasteiger charge is 2.23. The summed E-state index contributed by atoms with van der Waals surface area (Å²) in [5, 5.41) is 4.95. The van der Waals surface area contributed by atoms with Gasteiger partial charge in [-0.25, -0.2) is 4.98 Å². The lowest BCUT2D eigenvalue weighted by Crippen LogP contribution is -2.29. The minimum Gasteiger partial charge on any atom is -0.490 e. The van der Waals surface area contributed by atoms with Gasteiger partial charge in [0.05, 0.1) is 23.7 Å². The van der Waals surface area contributed by atoms with E-state index < -0.39 is 11.3 Å². The van der Waals surface area contributed by atoms with Crippen molar-refractivity contribution in [3.63, 3.8) is 0 Å². The lowest BCUT2D eigenvalue weighted by atomic mass is 9.95. The molecule has 10 heteroatoms. The van der Waals surface area contributed by atoms with E-state index in [1.807, 2.05) is 33.8 Å². The number of hydrogen-bond donors (Lipinski definition) is 1. The Morgan fingerprint density at radius 3 is 2.52 bits per heavy atom. The minimum absolute atomic E-state index is 0.273. The van der Waals surface area contributed by atoms with Crippen molar-refractivity contribution in [2.75, 3.05) is 13.2 Å². The molecule has 33 heavy (non-hydrogen) atoms. The lowest BCUT2D eigenvalue weighted by molar-refractivity contribution is -0.119. The zero-order chi connectivity index (χ0) is 24.3. The smallest absolute Gasteiger partial charge is 0.282 e. The first-order chi connectivity index (χ1) is 15.5. The summed E-state index contributed by atoms with van der Waals surface area (Å²) >= 11 is 6.90. The van der Waals surface area contributed by atoms with Gasteiger partial charge in [-0.15, -0.1) is 0 Å². The summed E-state index contributed by atoms with van der Waals surface area (Å²) in [7, 11) is 0. The van der Waals surface area contributed by atoms with Crippen LogP contribution in [0.3, 0.4) is 0 Å². The zero-order valence-corrected chi connectivity index (χ0v) is 21.9. The number of carbonyl (C=O) groups is 1. The second-order valence-corrected chi connectivity index (χ2v) is 9.99. The maximum Gasteiger partial charge on any atom is 0.282 e. The van der Waals surface area contributed by atoms with Crippen LogP contribution in [0, 0.1) is 0 Å². The van der Waals surface area contributed by atoms with Crippen molar-refractivity contribution in [2.24, 2.45) is 10.8 Å². The van der Waals surface area contributed by atoms with Crippen molar-refractivity contribution < 1.29 is 14.3 Å². The number of amides is 1. The highest BCUT2D eigenvalue weighted by Crippen LogP contribution is 2.33. The summed E-state index contributed by atoms with van der Waals surface area (Å²) in [6.07, 6.45) is 1.55. The van der Waals surface area contributed by atoms with Gasteiger partial charge in [-0.05, 0) is 53.2 Å². The summed E-state index contributed by atoms with van der Waals surface area (Å²) in [6.45, 7) is 7.87. The van der Waals surface area contributed by atoms with E-state index in [2.05, 4.69) is 37.0 Å². The molecule has 2 N–H and O–H groups in total. The Hall–Kier alpha value is -2.72. The third-order valence-corrected chi connectivity index (χ3v) is 5.70. The molecule has 1 amide bonds. The molecule has 0 spiro atoms. The topological polar surface area (TPSA) is 109 Å². The fourth-order valence-corrected chi connectivity index (χ4v) is 3.83. The molecule has 0 aliphatic carbocycles. The summed E-state index contributed by atoms with van der Waals surface area (Å²) in [6, 6.07) is 8.76. The zero-order valence-electron chi connectivity index (χ0n) is 18.7. The molecular weight excluding hydrogens is 556 g/mol. The number of benzene rings is 2. The first-order valence-corrected chi connectivity index (χ1v) is 11.7. The van der Waals surface area contributed by atoms with E-state index in [0.29, 0.717) is 44.9 Å². The van der Waals surface area contributed by atoms with Crippen LogP contribution in [-0.2, 0) is 10.2 Å². The number of nitrogens with two attached hydrogens (primary N) is 1. The van der Waals surface area contributed by atoms with Gasteiger partial charge in [-0.1, -0.05) is 36.7 Å². The number of primary amides is 1. The van der Waals surface area contributed by atoms with Crippen molar-refractivity contribution >= 4 is 54.9 Å². The van der Waals surface area contributed by atoms with Crippen molar-refractivity contribution in [2.45, 2.75) is 33.1 Å². The highest BCUT2D eigenvalue weighted by molar-refractivity contribution is 9.10. The Morgan fingerprint density at radius 1 is 1.18 bits per heavy atom. The van der Waals surface area contributed by atoms with Gasteiger partial charge < -0.3 is 15.2 Å². The molecule has 1 aromatic heterocycles. The van der Waals surface area contributed by atoms with Gasteiger partial charge in [-0.3, -0.25) is 9.59 Å². The first-order valence-electron chi connectivity index (χ1n) is 10.2. The second-order valence-electron chi connectivity index (χ2n) is 8.22. The molecule has 0 saturated heterocycles. The molecular formula is C23H24Br2N4O4. The monoisotopic (exact) mass is 578 g/mol. The molecule has 8 nitrogen and oxygen atoms in total. The number of rotatable bonds is 7. The quantitative estimate of drug-likeness (QED) is 0.418. The Balaban J connectivity index is 2.13. The van der Waals surface area contributed by atoms with Crippen molar-refractivity contribution in [1.29, 1.82) is 0 Å². The number of aromatic nitrogens is 2. The van der Waals surface area contributed by atoms with E-state index in [4.69, 9.17) is 20.2 Å². The molecule has 0 radical (unpaired) electrons. The van der Waals surface area contributed by atoms with E-state index in [-0.39, 0.29) is 12.2 Å². The van der Waals surface area contributed by atoms with Gasteiger partial charge in [0, 0.05) is 19.9 Å². The second kappa shape index (κ2) is 10.0. The predicted octanol–water partition coefficient (Wildman–Crippen LogP) is 4.36. The molecule has 0 unspecified atom stereocenters. The van der Waals surface area contributed by atoms with Crippen LogP contribution in [0.4, 0.5) is 0 Å². The first kappa shape index (κ1) is 24.9. The maximum atomic E-state index is 13.3. The van der Waals surface area contributed by atoms with E-state index >= 15 is 0 Å². The van der Waals surface area contributed by atoms with E-state index in [1.54, 1.807) is 30.5 Å². The predicted molar refractivity (Wildman–Crippen MR) is 135 cm³/mol. The molecule has 1 heterocycles. The standard InChI is InChI=1S/C23H24Br2N4O4/c1-5-32-18-8-13(16(25)10-19(18)33-12-20(26)30)11-27-29-21(31)15-9-14(24)6-7-17(15)28-22(29)23(2,3)4/h6-11H,5,12H2,1-4H3,(H2,26,30). The highest BCUT2D eigenvalue weighted by atomic mass is 79.9. The molecule has 2 aromatic carbocycles. The molecule has 0 atom stereocenters. The van der Waals surface area contributed by atoms with Gasteiger partial charge in [0.1, 0.15) is 5.82 Å². The number of ether oxygens (including phenoxy) is 2. The summed E-state index contributed by atoms with van der Waals surface area (Å²) in [5.41, 5.74) is 5.72. The normalized spacial score (nSPS) is 11.8. The molecule has 174 valence electrons. The van der Waals surface area contributed by atoms with Gasteiger partial charge >= 0.3 is 0 Å². The molecule has 0 aliphatic rings. The number of nitrogens with zero attached hydrogens (tertiary/aromatic N) is 3. The van der Waals surface area contributed by atoms with Crippen LogP contribution >= 0.6 is 31.9 Å². The Bertz CT molecular complexity index is 1300. The SMILES string of the molecule is CCOc1cc(C=Nn2c(C(C)(C)C)nc3ccc(Br)cc3c2=O)c(Br)cc1OCC(N)=O. The largest absolute Gasteiger partial charge is 0.490 e. The number of hydrogen-bond acceptors (Lipinski definition) is 6. The van der Waals surface area contributed by atoms with Gasteiger partial charge in [-0.2, -0.15) is 9.78 Å². The lowest BCUT2D eigenvalue weighted by Gasteiger charge is -2.21. The Labute approximate surface area is 208 Å². The van der Waals surface area contributed by atoms with Crippen LogP contribution in [0.5, 0.6) is 11.5 Å². The van der Waals surface area contributed by atoms with E-state index in [1.165, 1.54) is 4.68 Å². The van der Waals surface area contributed by atoms with Crippen molar-refractivity contribution in [3.8, 4) is 11.5 Å². The van der Waals surface area contributed by atoms with Crippen LogP contribution in [0.1, 0.15) is 39.1 Å². The summed E-state index contributed by atoms with van der Waals surface area (Å²) in [4.78, 5) is 29.1. The van der Waals surface area contributed by atoms with E-state index in [9.17, 15) is 9.59 Å². The summed E-state index contributed by atoms with van der Waals surface area (Å²) in [5.74, 6) is 0.724. The number of carbonyl (C=O) groups excluding carboxylic acids is 1. The third-order valence-electron chi connectivity index (χ3n) is 4.52. The fraction of sp³-hybridized carbons (Fsp3) is 0.304. The molecule has 3 aromatic rings. The van der Waals surface area contributed by atoms with Crippen LogP contribution < -0.4 is 20.8 Å². The molecule has 0 saturated carbocycles.